The van der Waals surface area contributed by atoms with Gasteiger partial charge in [0.15, 0.2) is 0 Å². The SMILES string of the molecule is CC/C=C/C=C/C=C\CCCCCC(CC(=O)NC(CO)C(O)CCCCCCCCCCCCC)OC(=O)CCCCCCCC/C=C\C/C=C\C/C=C\CCCCC. The average Bonchev–Trinajstić information content (AvgIpc) is 3.24. The molecule has 0 aromatic carbocycles. The van der Waals surface area contributed by atoms with E-state index >= 15 is 0 Å². The third kappa shape index (κ3) is 42.0. The molecular formula is C54H95NO5. The lowest BCUT2D eigenvalue weighted by Crippen LogP contribution is -2.46. The van der Waals surface area contributed by atoms with Gasteiger partial charge in [-0.2, -0.15) is 0 Å². The van der Waals surface area contributed by atoms with Crippen molar-refractivity contribution in [2.75, 3.05) is 6.61 Å². The maximum atomic E-state index is 13.2. The normalized spacial score (nSPS) is 13.9. The molecule has 3 unspecified atom stereocenters. The minimum Gasteiger partial charge on any atom is -0.462 e. The van der Waals surface area contributed by atoms with Crippen LogP contribution in [-0.2, 0) is 14.3 Å². The van der Waals surface area contributed by atoms with Gasteiger partial charge in [0.1, 0.15) is 6.10 Å². The number of nitrogens with one attached hydrogen (secondary N) is 1. The Morgan fingerprint density at radius 3 is 1.55 bits per heavy atom. The van der Waals surface area contributed by atoms with Crippen LogP contribution in [-0.4, -0.2) is 46.9 Å². The maximum absolute atomic E-state index is 13.2. The smallest absolute Gasteiger partial charge is 0.306 e. The van der Waals surface area contributed by atoms with Crippen LogP contribution in [0.5, 0.6) is 0 Å². The summed E-state index contributed by atoms with van der Waals surface area (Å²) in [6.07, 6.45) is 59.6. The maximum Gasteiger partial charge on any atom is 0.306 e. The summed E-state index contributed by atoms with van der Waals surface area (Å²) in [6.45, 7) is 6.29. The van der Waals surface area contributed by atoms with E-state index in [1.165, 1.54) is 96.3 Å². The van der Waals surface area contributed by atoms with Crippen molar-refractivity contribution in [3.63, 3.8) is 0 Å². The molecule has 6 nitrogen and oxygen atoms in total. The predicted molar refractivity (Wildman–Crippen MR) is 259 cm³/mol. The molecule has 3 atom stereocenters. The molecule has 0 rings (SSSR count). The summed E-state index contributed by atoms with van der Waals surface area (Å²) in [5.74, 6) is -0.527. The zero-order valence-electron chi connectivity index (χ0n) is 39.3. The molecule has 0 aliphatic carbocycles. The van der Waals surface area contributed by atoms with Crippen molar-refractivity contribution in [2.45, 2.75) is 251 Å². The van der Waals surface area contributed by atoms with E-state index in [0.717, 1.165) is 89.9 Å². The first-order valence-corrected chi connectivity index (χ1v) is 25.2. The number of hydrogen-bond acceptors (Lipinski definition) is 5. The van der Waals surface area contributed by atoms with Crippen molar-refractivity contribution in [3.05, 3.63) is 72.9 Å². The zero-order chi connectivity index (χ0) is 43.8. The lowest BCUT2D eigenvalue weighted by molar-refractivity contribution is -0.151. The lowest BCUT2D eigenvalue weighted by Gasteiger charge is -2.24. The molecule has 60 heavy (non-hydrogen) atoms. The Kier molecular flexibility index (Phi) is 45.2. The van der Waals surface area contributed by atoms with Gasteiger partial charge in [0, 0.05) is 6.42 Å². The van der Waals surface area contributed by atoms with Crippen molar-refractivity contribution in [3.8, 4) is 0 Å². The van der Waals surface area contributed by atoms with Gasteiger partial charge in [-0.05, 0) is 83.5 Å². The Labute approximate surface area is 371 Å². The largest absolute Gasteiger partial charge is 0.462 e. The fraction of sp³-hybridized carbons (Fsp3) is 0.741. The second kappa shape index (κ2) is 47.4. The second-order valence-corrected chi connectivity index (χ2v) is 16.9. The molecule has 0 radical (unpaired) electrons. The summed E-state index contributed by atoms with van der Waals surface area (Å²) < 4.78 is 5.90. The number of ether oxygens (including phenoxy) is 1. The molecule has 1 amide bonds. The highest BCUT2D eigenvalue weighted by Gasteiger charge is 2.24. The van der Waals surface area contributed by atoms with Crippen LogP contribution in [0, 0.1) is 0 Å². The van der Waals surface area contributed by atoms with Gasteiger partial charge in [0.2, 0.25) is 5.91 Å². The van der Waals surface area contributed by atoms with E-state index in [1.54, 1.807) is 0 Å². The number of hydrogen-bond donors (Lipinski definition) is 3. The summed E-state index contributed by atoms with van der Waals surface area (Å²) >= 11 is 0. The Morgan fingerprint density at radius 1 is 0.517 bits per heavy atom. The molecule has 0 heterocycles. The van der Waals surface area contributed by atoms with Gasteiger partial charge < -0.3 is 20.3 Å². The monoisotopic (exact) mass is 838 g/mol. The van der Waals surface area contributed by atoms with Crippen LogP contribution in [0.3, 0.4) is 0 Å². The summed E-state index contributed by atoms with van der Waals surface area (Å²) in [6, 6.07) is -0.717. The number of rotatable bonds is 44. The second-order valence-electron chi connectivity index (χ2n) is 16.9. The molecule has 0 saturated heterocycles. The highest BCUT2D eigenvalue weighted by molar-refractivity contribution is 5.77. The van der Waals surface area contributed by atoms with Crippen molar-refractivity contribution in [1.29, 1.82) is 0 Å². The van der Waals surface area contributed by atoms with Gasteiger partial charge in [0.25, 0.3) is 0 Å². The molecule has 0 spiro atoms. The van der Waals surface area contributed by atoms with E-state index in [9.17, 15) is 19.8 Å². The number of allylic oxidation sites excluding steroid dienone is 12. The minimum atomic E-state index is -0.801. The fourth-order valence-electron chi connectivity index (χ4n) is 7.26. The summed E-state index contributed by atoms with van der Waals surface area (Å²) in [4.78, 5) is 26.1. The first-order valence-electron chi connectivity index (χ1n) is 25.2. The van der Waals surface area contributed by atoms with E-state index < -0.39 is 18.2 Å². The third-order valence-electron chi connectivity index (χ3n) is 11.1. The van der Waals surface area contributed by atoms with Gasteiger partial charge in [-0.3, -0.25) is 9.59 Å². The van der Waals surface area contributed by atoms with Gasteiger partial charge in [-0.25, -0.2) is 0 Å². The van der Waals surface area contributed by atoms with E-state index in [4.69, 9.17) is 4.74 Å². The molecular weight excluding hydrogens is 743 g/mol. The number of aliphatic hydroxyl groups excluding tert-OH is 2. The van der Waals surface area contributed by atoms with Gasteiger partial charge in [-0.15, -0.1) is 0 Å². The summed E-state index contributed by atoms with van der Waals surface area (Å²) in [5, 5.41) is 23.7. The Morgan fingerprint density at radius 2 is 0.967 bits per heavy atom. The topological polar surface area (TPSA) is 95.9 Å². The number of amides is 1. The van der Waals surface area contributed by atoms with Crippen LogP contribution in [0.2, 0.25) is 0 Å². The Hall–Kier alpha value is -2.70. The van der Waals surface area contributed by atoms with Crippen LogP contribution in [0.1, 0.15) is 233 Å². The molecule has 0 saturated carbocycles. The first-order chi connectivity index (χ1) is 29.5. The summed E-state index contributed by atoms with van der Waals surface area (Å²) in [5.41, 5.74) is 0. The van der Waals surface area contributed by atoms with Gasteiger partial charge in [-0.1, -0.05) is 209 Å². The van der Waals surface area contributed by atoms with Crippen LogP contribution in [0.15, 0.2) is 72.9 Å². The molecule has 3 N–H and O–H groups in total. The molecule has 0 aromatic rings. The van der Waals surface area contributed by atoms with Gasteiger partial charge in [0.05, 0.1) is 25.2 Å². The van der Waals surface area contributed by atoms with Crippen molar-refractivity contribution < 1.29 is 24.5 Å². The quantitative estimate of drug-likeness (QED) is 0.0246. The van der Waals surface area contributed by atoms with Crippen molar-refractivity contribution in [2.24, 2.45) is 0 Å². The number of carbonyl (C=O) groups is 2. The molecule has 0 aliphatic rings. The predicted octanol–water partition coefficient (Wildman–Crippen LogP) is 15.0. The van der Waals surface area contributed by atoms with Crippen molar-refractivity contribution in [1.82, 2.24) is 5.32 Å². The van der Waals surface area contributed by atoms with E-state index in [-0.39, 0.29) is 24.9 Å². The summed E-state index contributed by atoms with van der Waals surface area (Å²) in [7, 11) is 0. The minimum absolute atomic E-state index is 0.0463. The lowest BCUT2D eigenvalue weighted by atomic mass is 10.0. The zero-order valence-corrected chi connectivity index (χ0v) is 39.3. The van der Waals surface area contributed by atoms with Crippen LogP contribution >= 0.6 is 0 Å². The van der Waals surface area contributed by atoms with Gasteiger partial charge >= 0.3 is 5.97 Å². The number of aliphatic hydroxyl groups is 2. The average molecular weight is 838 g/mol. The molecule has 0 fully saturated rings. The highest BCUT2D eigenvalue weighted by Crippen LogP contribution is 2.17. The fourth-order valence-corrected chi connectivity index (χ4v) is 7.26. The van der Waals surface area contributed by atoms with Crippen LogP contribution in [0.4, 0.5) is 0 Å². The Balaban J connectivity index is 4.57. The highest BCUT2D eigenvalue weighted by atomic mass is 16.5. The van der Waals surface area contributed by atoms with Crippen LogP contribution < -0.4 is 5.32 Å². The molecule has 0 aromatic heterocycles. The van der Waals surface area contributed by atoms with Crippen molar-refractivity contribution >= 4 is 11.9 Å². The Bertz CT molecular complexity index is 1120. The number of esters is 1. The van der Waals surface area contributed by atoms with E-state index in [1.807, 2.05) is 12.2 Å². The number of unbranched alkanes of at least 4 members (excludes halogenated alkanes) is 22. The first kappa shape index (κ1) is 57.3. The number of carbonyl (C=O) groups excluding carboxylic acids is 2. The molecule has 0 aliphatic heterocycles. The standard InChI is InChI=1S/C54H95NO5/c1-4-7-10-13-16-19-22-23-24-25-26-27-28-29-32-35-38-41-44-47-54(59)60-50(45-42-39-36-33-30-20-17-14-11-8-5-2)48-53(58)55-51(49-56)52(57)46-43-40-37-34-31-21-18-15-12-9-6-3/h8,11,14,16-17,19-20,23-24,26-27,30,50-52,56-57H,4-7,9-10,12-13,15,18,21-22,25,28-29,31-49H2,1-3H3,(H,55,58)/b11-8+,17-14+,19-16-,24-23-,27-26-,30-20-. The molecule has 6 heteroatoms. The van der Waals surface area contributed by atoms with Crippen LogP contribution in [0.25, 0.3) is 0 Å². The molecule has 0 bridgehead atoms. The molecule has 346 valence electrons. The third-order valence-corrected chi connectivity index (χ3v) is 11.1. The van der Waals surface area contributed by atoms with E-state index in [0.29, 0.717) is 19.3 Å². The van der Waals surface area contributed by atoms with E-state index in [2.05, 4.69) is 86.8 Å².